The molecular weight excluding hydrogens is 240 g/mol. The van der Waals surface area contributed by atoms with Crippen molar-refractivity contribution in [3.63, 3.8) is 0 Å². The summed E-state index contributed by atoms with van der Waals surface area (Å²) in [6.45, 7) is 3.53. The number of halogens is 1. The first kappa shape index (κ1) is 13.8. The number of aliphatic hydroxyl groups excluding tert-OH is 1. The van der Waals surface area contributed by atoms with Gasteiger partial charge in [-0.3, -0.25) is 0 Å². The molecule has 2 atom stereocenters. The number of benzene rings is 1. The minimum atomic E-state index is -0.434. The lowest BCUT2D eigenvalue weighted by Crippen LogP contribution is -2.37. The maximum Gasteiger partial charge on any atom is 0.319 e. The molecule has 0 saturated carbocycles. The fourth-order valence-electron chi connectivity index (χ4n) is 1.53. The average Bonchev–Trinajstić information content (AvgIpc) is 2.14. The third kappa shape index (κ3) is 5.56. The molecular formula is C12H17ClN2O2. The number of hydrogen-bond donors (Lipinski definition) is 3. The monoisotopic (exact) mass is 256 g/mol. The van der Waals surface area contributed by atoms with Gasteiger partial charge in [0.25, 0.3) is 0 Å². The first-order valence-corrected chi connectivity index (χ1v) is 5.86. The molecule has 0 saturated heterocycles. The highest BCUT2D eigenvalue weighted by atomic mass is 35.5. The van der Waals surface area contributed by atoms with Crippen molar-refractivity contribution in [1.82, 2.24) is 5.32 Å². The number of aliphatic hydroxyl groups is 1. The van der Waals surface area contributed by atoms with E-state index in [4.69, 9.17) is 11.6 Å². The number of anilines is 1. The third-order valence-corrected chi connectivity index (χ3v) is 2.39. The molecule has 1 aromatic rings. The predicted molar refractivity (Wildman–Crippen MR) is 69.4 cm³/mol. The Morgan fingerprint density at radius 2 is 2.18 bits per heavy atom. The minimum absolute atomic E-state index is 0.0887. The fourth-order valence-corrected chi connectivity index (χ4v) is 1.72. The van der Waals surface area contributed by atoms with Gasteiger partial charge in [0.1, 0.15) is 0 Å². The van der Waals surface area contributed by atoms with Crippen molar-refractivity contribution in [3.8, 4) is 0 Å². The fraction of sp³-hybridized carbons (Fsp3) is 0.417. The van der Waals surface area contributed by atoms with Gasteiger partial charge in [-0.05, 0) is 38.5 Å². The van der Waals surface area contributed by atoms with E-state index in [1.807, 2.05) is 6.92 Å². The molecule has 3 N–H and O–H groups in total. The van der Waals surface area contributed by atoms with Gasteiger partial charge in [0.15, 0.2) is 0 Å². The third-order valence-electron chi connectivity index (χ3n) is 2.15. The van der Waals surface area contributed by atoms with Gasteiger partial charge in [-0.15, -0.1) is 0 Å². The van der Waals surface area contributed by atoms with Gasteiger partial charge in [-0.2, -0.15) is 0 Å². The molecule has 0 spiro atoms. The standard InChI is InChI=1S/C12H17ClN2O2/c1-8(6-9(2)16)14-12(17)15-11-5-3-4-10(13)7-11/h3-5,7-9,16H,6H2,1-2H3,(H2,14,15,17). The Morgan fingerprint density at radius 1 is 1.47 bits per heavy atom. The van der Waals surface area contributed by atoms with E-state index in [-0.39, 0.29) is 12.1 Å². The summed E-state index contributed by atoms with van der Waals surface area (Å²) in [4.78, 5) is 11.6. The Morgan fingerprint density at radius 3 is 2.76 bits per heavy atom. The molecule has 5 heteroatoms. The number of nitrogens with one attached hydrogen (secondary N) is 2. The van der Waals surface area contributed by atoms with Crippen molar-refractivity contribution in [3.05, 3.63) is 29.3 Å². The molecule has 2 unspecified atom stereocenters. The van der Waals surface area contributed by atoms with Crippen LogP contribution in [0.4, 0.5) is 10.5 Å². The summed E-state index contributed by atoms with van der Waals surface area (Å²) in [7, 11) is 0. The van der Waals surface area contributed by atoms with Crippen LogP contribution in [-0.2, 0) is 0 Å². The zero-order chi connectivity index (χ0) is 12.8. The number of rotatable bonds is 4. The number of urea groups is 1. The second-order valence-corrected chi connectivity index (χ2v) is 4.53. The van der Waals surface area contributed by atoms with Gasteiger partial charge < -0.3 is 15.7 Å². The summed E-state index contributed by atoms with van der Waals surface area (Å²) in [5.41, 5.74) is 0.638. The van der Waals surface area contributed by atoms with Crippen LogP contribution in [0.3, 0.4) is 0 Å². The van der Waals surface area contributed by atoms with Crippen LogP contribution in [0.2, 0.25) is 5.02 Å². The smallest absolute Gasteiger partial charge is 0.319 e. The minimum Gasteiger partial charge on any atom is -0.393 e. The quantitative estimate of drug-likeness (QED) is 0.776. The molecule has 0 aliphatic carbocycles. The van der Waals surface area contributed by atoms with E-state index in [0.717, 1.165) is 0 Å². The number of hydrogen-bond acceptors (Lipinski definition) is 2. The van der Waals surface area contributed by atoms with Crippen molar-refractivity contribution >= 4 is 23.3 Å². The van der Waals surface area contributed by atoms with Crippen molar-refractivity contribution < 1.29 is 9.90 Å². The lowest BCUT2D eigenvalue weighted by Gasteiger charge is -2.16. The highest BCUT2D eigenvalue weighted by Crippen LogP contribution is 2.14. The van der Waals surface area contributed by atoms with E-state index >= 15 is 0 Å². The van der Waals surface area contributed by atoms with Gasteiger partial charge in [-0.25, -0.2) is 4.79 Å². The molecule has 0 aliphatic rings. The van der Waals surface area contributed by atoms with Crippen LogP contribution in [-0.4, -0.2) is 23.3 Å². The summed E-state index contributed by atoms with van der Waals surface area (Å²) in [6.07, 6.45) is 0.0830. The van der Waals surface area contributed by atoms with E-state index < -0.39 is 6.10 Å². The molecule has 1 aromatic carbocycles. The van der Waals surface area contributed by atoms with Gasteiger partial charge in [0, 0.05) is 16.8 Å². The van der Waals surface area contributed by atoms with Crippen molar-refractivity contribution in [2.75, 3.05) is 5.32 Å². The second kappa shape index (κ2) is 6.47. The summed E-state index contributed by atoms with van der Waals surface area (Å²) >= 11 is 5.80. The molecule has 0 radical (unpaired) electrons. The maximum absolute atomic E-state index is 11.6. The van der Waals surface area contributed by atoms with Gasteiger partial charge in [0.05, 0.1) is 6.10 Å². The Bertz CT molecular complexity index is 383. The van der Waals surface area contributed by atoms with Crippen LogP contribution in [0.25, 0.3) is 0 Å². The van der Waals surface area contributed by atoms with Gasteiger partial charge in [-0.1, -0.05) is 17.7 Å². The summed E-state index contributed by atoms with van der Waals surface area (Å²) in [5, 5.41) is 15.1. The van der Waals surface area contributed by atoms with Gasteiger partial charge in [0.2, 0.25) is 0 Å². The summed E-state index contributed by atoms with van der Waals surface area (Å²) in [6, 6.07) is 6.53. The molecule has 0 fully saturated rings. The maximum atomic E-state index is 11.6. The number of carbonyl (C=O) groups is 1. The first-order chi connectivity index (χ1) is 7.97. The van der Waals surface area contributed by atoms with Crippen molar-refractivity contribution in [2.24, 2.45) is 0 Å². The predicted octanol–water partition coefficient (Wildman–Crippen LogP) is 2.62. The molecule has 17 heavy (non-hydrogen) atoms. The Kier molecular flexibility index (Phi) is 5.25. The SMILES string of the molecule is CC(O)CC(C)NC(=O)Nc1cccc(Cl)c1. The molecule has 0 bridgehead atoms. The average molecular weight is 257 g/mol. The highest BCUT2D eigenvalue weighted by molar-refractivity contribution is 6.30. The largest absolute Gasteiger partial charge is 0.393 e. The van der Waals surface area contributed by atoms with Crippen LogP contribution in [0.1, 0.15) is 20.3 Å². The molecule has 1 rings (SSSR count). The summed E-state index contributed by atoms with van der Waals surface area (Å²) < 4.78 is 0. The Labute approximate surface area is 106 Å². The molecule has 94 valence electrons. The van der Waals surface area contributed by atoms with Crippen LogP contribution in [0, 0.1) is 0 Å². The normalized spacial score (nSPS) is 13.9. The van der Waals surface area contributed by atoms with Crippen LogP contribution >= 0.6 is 11.6 Å². The van der Waals surface area contributed by atoms with E-state index in [1.165, 1.54) is 0 Å². The molecule has 0 aromatic heterocycles. The van der Waals surface area contributed by atoms with Gasteiger partial charge >= 0.3 is 6.03 Å². The molecule has 4 nitrogen and oxygen atoms in total. The second-order valence-electron chi connectivity index (χ2n) is 4.09. The van der Waals surface area contributed by atoms with Crippen molar-refractivity contribution in [1.29, 1.82) is 0 Å². The van der Waals surface area contributed by atoms with Crippen LogP contribution < -0.4 is 10.6 Å². The van der Waals surface area contributed by atoms with Crippen LogP contribution in [0.15, 0.2) is 24.3 Å². The topological polar surface area (TPSA) is 61.4 Å². The lowest BCUT2D eigenvalue weighted by molar-refractivity contribution is 0.171. The Balaban J connectivity index is 2.44. The zero-order valence-electron chi connectivity index (χ0n) is 9.90. The van der Waals surface area contributed by atoms with E-state index in [9.17, 15) is 9.90 Å². The van der Waals surface area contributed by atoms with E-state index in [2.05, 4.69) is 10.6 Å². The Hall–Kier alpha value is -1.26. The molecule has 0 heterocycles. The highest BCUT2D eigenvalue weighted by Gasteiger charge is 2.09. The zero-order valence-corrected chi connectivity index (χ0v) is 10.7. The van der Waals surface area contributed by atoms with E-state index in [1.54, 1.807) is 31.2 Å². The number of carbonyl (C=O) groups excluding carboxylic acids is 1. The van der Waals surface area contributed by atoms with Crippen LogP contribution in [0.5, 0.6) is 0 Å². The van der Waals surface area contributed by atoms with Crippen molar-refractivity contribution in [2.45, 2.75) is 32.4 Å². The first-order valence-electron chi connectivity index (χ1n) is 5.48. The van der Waals surface area contributed by atoms with E-state index in [0.29, 0.717) is 17.1 Å². The number of amides is 2. The lowest BCUT2D eigenvalue weighted by atomic mass is 10.2. The summed E-state index contributed by atoms with van der Waals surface area (Å²) in [5.74, 6) is 0. The molecule has 2 amide bonds. The molecule has 0 aliphatic heterocycles.